The molecule has 3 nitrogen and oxygen atoms in total. The van der Waals surface area contributed by atoms with Crippen LogP contribution < -0.4 is 51.4 Å². The summed E-state index contributed by atoms with van der Waals surface area (Å²) in [5, 5.41) is 13.0. The minimum Gasteiger partial charge on any atom is -0.661 e. The Bertz CT molecular complexity index is 169. The summed E-state index contributed by atoms with van der Waals surface area (Å²) in [6.45, 7) is 6.06. The third kappa shape index (κ3) is 4.70. The molecule has 2 aliphatic heterocycles. The molecule has 0 saturated carbocycles. The van der Waals surface area contributed by atoms with E-state index >= 15 is 0 Å². The van der Waals surface area contributed by atoms with Crippen LogP contribution in [0.5, 0.6) is 0 Å². The maximum Gasteiger partial charge on any atom is 1.00 e. The Morgan fingerprint density at radius 2 is 1.80 bits per heavy atom. The van der Waals surface area contributed by atoms with Crippen LogP contribution in [0.3, 0.4) is 0 Å². The molecule has 1 N–H and O–H groups in total. The fraction of sp³-hybridized carbons (Fsp3) is 1.00. The number of piperidine rings is 1. The Balaban J connectivity index is 0.000000980. The zero-order valence-electron chi connectivity index (χ0n) is 9.65. The summed E-state index contributed by atoms with van der Waals surface area (Å²) in [6, 6.07) is 0. The number of aliphatic hydroxyl groups excluding tert-OH is 1. The molecule has 1 spiro atoms. The van der Waals surface area contributed by atoms with Crippen molar-refractivity contribution in [1.82, 2.24) is 4.90 Å². The van der Waals surface area contributed by atoms with Gasteiger partial charge >= 0.3 is 51.4 Å². The average molecular weight is 273 g/mol. The monoisotopic (exact) mass is 273 g/mol. The van der Waals surface area contributed by atoms with Crippen LogP contribution in [-0.4, -0.2) is 49.3 Å². The van der Waals surface area contributed by atoms with Gasteiger partial charge in [-0.1, -0.05) is 5.41 Å². The summed E-state index contributed by atoms with van der Waals surface area (Å²) in [4.78, 5) is 2.47. The van der Waals surface area contributed by atoms with Gasteiger partial charge in [-0.25, -0.2) is 0 Å². The Morgan fingerprint density at radius 3 is 2.20 bits per heavy atom. The largest absolute Gasteiger partial charge is 1.00 e. The smallest absolute Gasteiger partial charge is 0.661 e. The summed E-state index contributed by atoms with van der Waals surface area (Å²) >= 11 is 0. The van der Waals surface area contributed by atoms with Crippen molar-refractivity contribution in [3.8, 4) is 0 Å². The van der Waals surface area contributed by atoms with Crippen LogP contribution in [0.4, 0.5) is 0 Å². The average Bonchev–Trinajstić information content (AvgIpc) is 2.13. The molecule has 1 radical (unpaired) electrons. The van der Waals surface area contributed by atoms with Crippen LogP contribution in [0.1, 0.15) is 19.3 Å². The fourth-order valence-corrected chi connectivity index (χ4v) is 2.29. The normalized spacial score (nSPS) is 23.8. The molecule has 0 aromatic carbocycles. The van der Waals surface area contributed by atoms with Gasteiger partial charge in [-0.05, 0) is 32.4 Å². The van der Waals surface area contributed by atoms with Gasteiger partial charge in [-0.15, -0.1) is 13.1 Å². The van der Waals surface area contributed by atoms with Crippen molar-refractivity contribution in [2.24, 2.45) is 5.41 Å². The Morgan fingerprint density at radius 1 is 1.20 bits per heavy atom. The van der Waals surface area contributed by atoms with Crippen molar-refractivity contribution in [1.29, 1.82) is 0 Å². The molecule has 2 saturated heterocycles. The third-order valence-corrected chi connectivity index (χ3v) is 3.44. The van der Waals surface area contributed by atoms with Crippen LogP contribution in [0, 0.1) is 5.41 Å². The molecular weight excluding hydrogens is 254 g/mol. The molecule has 0 amide bonds. The van der Waals surface area contributed by atoms with Crippen LogP contribution >= 0.6 is 0 Å². The van der Waals surface area contributed by atoms with Crippen LogP contribution in [-0.2, 0) is 18.6 Å². The van der Waals surface area contributed by atoms with Gasteiger partial charge < -0.3 is 15.3 Å². The van der Waals surface area contributed by atoms with Crippen LogP contribution in [0.25, 0.3) is 5.32 Å². The molecule has 5 heteroatoms. The van der Waals surface area contributed by atoms with E-state index in [1.54, 1.807) is 0 Å². The summed E-state index contributed by atoms with van der Waals surface area (Å²) in [5.41, 5.74) is 0.607. The fourth-order valence-electron chi connectivity index (χ4n) is 2.29. The summed E-state index contributed by atoms with van der Waals surface area (Å²) in [6.07, 6.45) is 3.57. The number of hydrogen-bond donors (Lipinski definition) is 1. The molecule has 0 aromatic rings. The summed E-state index contributed by atoms with van der Waals surface area (Å²) in [5.74, 6) is 0. The Kier molecular flexibility index (Phi) is 9.40. The number of rotatable bonds is 3. The van der Waals surface area contributed by atoms with E-state index in [0.29, 0.717) is 12.0 Å². The minimum absolute atomic E-state index is 0. The van der Waals surface area contributed by atoms with Gasteiger partial charge in [-0.3, -0.25) is 0 Å². The van der Waals surface area contributed by atoms with Crippen molar-refractivity contribution >= 4 is 0 Å². The first-order valence-corrected chi connectivity index (χ1v) is 5.31. The molecule has 2 aliphatic rings. The zero-order chi connectivity index (χ0) is 9.15. The van der Waals surface area contributed by atoms with Crippen LogP contribution in [0.15, 0.2) is 0 Å². The number of aliphatic hydroxyl groups is 1. The second-order valence-corrected chi connectivity index (χ2v) is 4.46. The molecule has 0 unspecified atom stereocenters. The standard InChI is InChI=1S/C10H19N2O.K.V/c13-7-1-4-12-5-2-10(3-6-12)8-11-9-10;;/h13H,1-9H2;;/q-1;+1;. The van der Waals surface area contributed by atoms with Crippen molar-refractivity contribution in [3.05, 3.63) is 5.32 Å². The van der Waals surface area contributed by atoms with Gasteiger partial charge in [0.1, 0.15) is 0 Å². The SMILES string of the molecule is OCCCN1CCC2(CC1)C[N-]C2.[K+].[V]. The van der Waals surface area contributed by atoms with E-state index in [2.05, 4.69) is 10.2 Å². The Labute approximate surface area is 147 Å². The molecule has 2 rings (SSSR count). The van der Waals surface area contributed by atoms with Crippen molar-refractivity contribution < 1.29 is 75.0 Å². The predicted octanol–water partition coefficient (Wildman–Crippen LogP) is -2.16. The molecule has 0 aliphatic carbocycles. The van der Waals surface area contributed by atoms with Gasteiger partial charge in [-0.2, -0.15) is 0 Å². The Hall–Kier alpha value is 2.10. The molecule has 81 valence electrons. The van der Waals surface area contributed by atoms with Gasteiger partial charge in [0.2, 0.25) is 0 Å². The first kappa shape index (κ1) is 17.1. The zero-order valence-corrected chi connectivity index (χ0v) is 14.2. The molecule has 2 heterocycles. The van der Waals surface area contributed by atoms with Crippen molar-refractivity contribution in [2.45, 2.75) is 19.3 Å². The van der Waals surface area contributed by atoms with Gasteiger partial charge in [0.05, 0.1) is 0 Å². The molecule has 2 fully saturated rings. The third-order valence-electron chi connectivity index (χ3n) is 3.44. The van der Waals surface area contributed by atoms with Crippen LogP contribution in [0.2, 0.25) is 0 Å². The van der Waals surface area contributed by atoms with E-state index < -0.39 is 0 Å². The summed E-state index contributed by atoms with van der Waals surface area (Å²) in [7, 11) is 0. The molecular formula is C10H19KN2OV. The van der Waals surface area contributed by atoms with E-state index in [0.717, 1.165) is 26.1 Å². The van der Waals surface area contributed by atoms with Gasteiger partial charge in [0.15, 0.2) is 0 Å². The maximum absolute atomic E-state index is 8.72. The summed E-state index contributed by atoms with van der Waals surface area (Å²) < 4.78 is 0. The van der Waals surface area contributed by atoms with Crippen molar-refractivity contribution in [2.75, 3.05) is 39.3 Å². The topological polar surface area (TPSA) is 37.6 Å². The molecule has 0 atom stereocenters. The predicted molar refractivity (Wildman–Crippen MR) is 52.9 cm³/mol. The minimum atomic E-state index is 0. The molecule has 15 heavy (non-hydrogen) atoms. The second kappa shape index (κ2) is 8.25. The molecule has 0 bridgehead atoms. The number of hydrogen-bond acceptors (Lipinski definition) is 2. The first-order chi connectivity index (χ1) is 6.35. The van der Waals surface area contributed by atoms with Gasteiger partial charge in [0.25, 0.3) is 0 Å². The number of likely N-dealkylation sites (tertiary alicyclic amines) is 1. The maximum atomic E-state index is 8.72. The van der Waals surface area contributed by atoms with E-state index in [4.69, 9.17) is 5.11 Å². The van der Waals surface area contributed by atoms with E-state index in [1.807, 2.05) is 0 Å². The van der Waals surface area contributed by atoms with E-state index in [9.17, 15) is 0 Å². The first-order valence-electron chi connectivity index (χ1n) is 5.31. The van der Waals surface area contributed by atoms with E-state index in [-0.39, 0.29) is 69.9 Å². The van der Waals surface area contributed by atoms with Gasteiger partial charge in [0, 0.05) is 31.7 Å². The van der Waals surface area contributed by atoms with Crippen molar-refractivity contribution in [3.63, 3.8) is 0 Å². The second-order valence-electron chi connectivity index (χ2n) is 4.46. The van der Waals surface area contributed by atoms with E-state index in [1.165, 1.54) is 25.9 Å². The quantitative estimate of drug-likeness (QED) is 0.595. The molecule has 0 aromatic heterocycles. The number of nitrogens with zero attached hydrogens (tertiary/aromatic N) is 2.